The number of nitrogens with one attached hydrogen (secondary N) is 1. The van der Waals surface area contributed by atoms with Gasteiger partial charge in [-0.15, -0.1) is 5.10 Å². The normalized spacial score (nSPS) is 13.6. The summed E-state index contributed by atoms with van der Waals surface area (Å²) in [6.45, 7) is 0. The molecule has 1 amide bonds. The van der Waals surface area contributed by atoms with E-state index in [1.165, 1.54) is 7.11 Å². The van der Waals surface area contributed by atoms with Crippen LogP contribution in [0.15, 0.2) is 42.5 Å². The van der Waals surface area contributed by atoms with Crippen LogP contribution in [0.2, 0.25) is 0 Å². The van der Waals surface area contributed by atoms with Gasteiger partial charge in [0.2, 0.25) is 11.9 Å². The summed E-state index contributed by atoms with van der Waals surface area (Å²) in [5, 5.41) is 7.16. The van der Waals surface area contributed by atoms with Crippen LogP contribution in [-0.2, 0) is 9.53 Å². The molecule has 2 heterocycles. The predicted molar refractivity (Wildman–Crippen MR) is 91.1 cm³/mol. The van der Waals surface area contributed by atoms with Gasteiger partial charge in [-0.2, -0.15) is 4.98 Å². The minimum atomic E-state index is -0.379. The monoisotopic (exact) mass is 336 g/mol. The fourth-order valence-corrected chi connectivity index (χ4v) is 2.63. The molecule has 0 saturated heterocycles. The molecule has 4 rings (SSSR count). The molecule has 1 aromatic carbocycles. The number of anilines is 1. The quantitative estimate of drug-likeness (QED) is 0.740. The minimum absolute atomic E-state index is 0.0279. The van der Waals surface area contributed by atoms with E-state index in [0.29, 0.717) is 17.2 Å². The highest BCUT2D eigenvalue weighted by Gasteiger charge is 2.30. The van der Waals surface area contributed by atoms with Gasteiger partial charge in [-0.3, -0.25) is 10.1 Å². The van der Waals surface area contributed by atoms with Gasteiger partial charge < -0.3 is 4.74 Å². The molecule has 0 unspecified atom stereocenters. The Balaban J connectivity index is 1.68. The maximum Gasteiger partial charge on any atom is 0.337 e. The number of pyridine rings is 1. The van der Waals surface area contributed by atoms with Crippen molar-refractivity contribution in [1.29, 1.82) is 0 Å². The van der Waals surface area contributed by atoms with E-state index in [4.69, 9.17) is 4.74 Å². The summed E-state index contributed by atoms with van der Waals surface area (Å²) in [6.07, 6.45) is 1.86. The van der Waals surface area contributed by atoms with Crippen molar-refractivity contribution < 1.29 is 14.3 Å². The molecule has 1 N–H and O–H groups in total. The second-order valence-corrected chi connectivity index (χ2v) is 5.95. The van der Waals surface area contributed by atoms with Gasteiger partial charge in [-0.25, -0.2) is 9.31 Å². The first kappa shape index (κ1) is 15.3. The molecule has 0 atom stereocenters. The van der Waals surface area contributed by atoms with E-state index in [1.54, 1.807) is 16.6 Å². The lowest BCUT2D eigenvalue weighted by Gasteiger charge is -2.05. The zero-order chi connectivity index (χ0) is 17.4. The molecule has 7 heteroatoms. The summed E-state index contributed by atoms with van der Waals surface area (Å²) in [4.78, 5) is 27.8. The molecule has 25 heavy (non-hydrogen) atoms. The van der Waals surface area contributed by atoms with E-state index in [1.807, 2.05) is 30.3 Å². The van der Waals surface area contributed by atoms with E-state index in [0.717, 1.165) is 24.1 Å². The number of hydrogen-bond donors (Lipinski definition) is 1. The van der Waals surface area contributed by atoms with Crippen molar-refractivity contribution in [1.82, 2.24) is 14.6 Å². The Bertz CT molecular complexity index is 958. The molecule has 1 fully saturated rings. The highest BCUT2D eigenvalue weighted by atomic mass is 16.5. The molecule has 0 radical (unpaired) electrons. The van der Waals surface area contributed by atoms with Gasteiger partial charge in [0.25, 0.3) is 0 Å². The molecule has 2 aromatic heterocycles. The van der Waals surface area contributed by atoms with Crippen LogP contribution in [0.3, 0.4) is 0 Å². The number of carbonyl (C=O) groups is 2. The fourth-order valence-electron chi connectivity index (χ4n) is 2.63. The molecule has 1 aliphatic carbocycles. The van der Waals surface area contributed by atoms with Crippen LogP contribution < -0.4 is 5.32 Å². The number of rotatable bonds is 4. The van der Waals surface area contributed by atoms with Crippen LogP contribution in [-0.4, -0.2) is 33.6 Å². The third-order valence-corrected chi connectivity index (χ3v) is 4.14. The molecule has 0 bridgehead atoms. The molecule has 126 valence electrons. The summed E-state index contributed by atoms with van der Waals surface area (Å²) in [5.74, 6) is -0.0112. The van der Waals surface area contributed by atoms with Gasteiger partial charge in [0, 0.05) is 11.5 Å². The van der Waals surface area contributed by atoms with Gasteiger partial charge in [0.05, 0.1) is 18.4 Å². The Morgan fingerprint density at radius 3 is 2.60 bits per heavy atom. The smallest absolute Gasteiger partial charge is 0.337 e. The molecular formula is C18H16N4O3. The third-order valence-electron chi connectivity index (χ3n) is 4.14. The number of nitrogens with zero attached hydrogens (tertiary/aromatic N) is 3. The number of ether oxygens (including phenoxy) is 1. The Kier molecular flexibility index (Phi) is 3.68. The largest absolute Gasteiger partial charge is 0.465 e. The SMILES string of the molecule is COC(=O)c1ccc(-c2cccc3nc(NC(=O)C4CC4)nn23)cc1. The second-order valence-electron chi connectivity index (χ2n) is 5.95. The van der Waals surface area contributed by atoms with Crippen molar-refractivity contribution in [3.8, 4) is 11.3 Å². The van der Waals surface area contributed by atoms with Crippen LogP contribution in [0, 0.1) is 5.92 Å². The number of methoxy groups -OCH3 is 1. The first-order valence-corrected chi connectivity index (χ1v) is 8.01. The predicted octanol–water partition coefficient (Wildman–Crippen LogP) is 2.53. The van der Waals surface area contributed by atoms with Gasteiger partial charge >= 0.3 is 5.97 Å². The Morgan fingerprint density at radius 1 is 1.16 bits per heavy atom. The van der Waals surface area contributed by atoms with Crippen LogP contribution in [0.4, 0.5) is 5.95 Å². The molecular weight excluding hydrogens is 320 g/mol. The summed E-state index contributed by atoms with van der Waals surface area (Å²) < 4.78 is 6.39. The molecule has 7 nitrogen and oxygen atoms in total. The number of amides is 1. The Labute approximate surface area is 143 Å². The van der Waals surface area contributed by atoms with Crippen molar-refractivity contribution >= 4 is 23.5 Å². The summed E-state index contributed by atoms with van der Waals surface area (Å²) in [5.41, 5.74) is 2.81. The van der Waals surface area contributed by atoms with E-state index in [9.17, 15) is 9.59 Å². The van der Waals surface area contributed by atoms with Crippen molar-refractivity contribution in [2.24, 2.45) is 5.92 Å². The summed E-state index contributed by atoms with van der Waals surface area (Å²) in [6, 6.07) is 12.7. The molecule has 1 aliphatic rings. The lowest BCUT2D eigenvalue weighted by Crippen LogP contribution is -2.14. The minimum Gasteiger partial charge on any atom is -0.465 e. The maximum absolute atomic E-state index is 11.9. The first-order valence-electron chi connectivity index (χ1n) is 8.01. The van der Waals surface area contributed by atoms with Crippen LogP contribution >= 0.6 is 0 Å². The van der Waals surface area contributed by atoms with Crippen molar-refractivity contribution in [3.05, 3.63) is 48.0 Å². The topological polar surface area (TPSA) is 85.6 Å². The average Bonchev–Trinajstić information content (AvgIpc) is 3.41. The second kappa shape index (κ2) is 6.01. The van der Waals surface area contributed by atoms with Crippen LogP contribution in [0.1, 0.15) is 23.2 Å². The van der Waals surface area contributed by atoms with E-state index in [-0.39, 0.29) is 17.8 Å². The number of esters is 1. The number of carbonyl (C=O) groups excluding carboxylic acids is 2. The van der Waals surface area contributed by atoms with E-state index >= 15 is 0 Å². The van der Waals surface area contributed by atoms with Crippen LogP contribution in [0.5, 0.6) is 0 Å². The van der Waals surface area contributed by atoms with Gasteiger partial charge in [-0.1, -0.05) is 18.2 Å². The highest BCUT2D eigenvalue weighted by molar-refractivity contribution is 5.92. The van der Waals surface area contributed by atoms with Gasteiger partial charge in [-0.05, 0) is 37.1 Å². The standard InChI is InChI=1S/C18H16N4O3/c1-25-17(24)13-9-5-11(6-10-13)14-3-2-4-15-19-18(21-22(14)15)20-16(23)12-7-8-12/h2-6,9-10,12H,7-8H2,1H3,(H,20,21,23). The average molecular weight is 336 g/mol. The molecule has 1 saturated carbocycles. The van der Waals surface area contributed by atoms with Crippen molar-refractivity contribution in [2.75, 3.05) is 12.4 Å². The molecule has 0 spiro atoms. The molecule has 3 aromatic rings. The zero-order valence-corrected chi connectivity index (χ0v) is 13.6. The lowest BCUT2D eigenvalue weighted by atomic mass is 10.1. The summed E-state index contributed by atoms with van der Waals surface area (Å²) in [7, 11) is 1.35. The van der Waals surface area contributed by atoms with Crippen LogP contribution in [0.25, 0.3) is 16.9 Å². The lowest BCUT2D eigenvalue weighted by molar-refractivity contribution is -0.117. The number of benzene rings is 1. The number of fused-ring (bicyclic) bond motifs is 1. The zero-order valence-electron chi connectivity index (χ0n) is 13.6. The summed E-state index contributed by atoms with van der Waals surface area (Å²) >= 11 is 0. The fraction of sp³-hybridized carbons (Fsp3) is 0.222. The third kappa shape index (κ3) is 2.96. The Hall–Kier alpha value is -3.22. The van der Waals surface area contributed by atoms with Crippen molar-refractivity contribution in [2.45, 2.75) is 12.8 Å². The van der Waals surface area contributed by atoms with Gasteiger partial charge in [0.15, 0.2) is 5.65 Å². The number of aromatic nitrogens is 3. The Morgan fingerprint density at radius 2 is 1.92 bits per heavy atom. The van der Waals surface area contributed by atoms with Crippen molar-refractivity contribution in [3.63, 3.8) is 0 Å². The molecule has 0 aliphatic heterocycles. The number of hydrogen-bond acceptors (Lipinski definition) is 5. The van der Waals surface area contributed by atoms with Gasteiger partial charge in [0.1, 0.15) is 0 Å². The van der Waals surface area contributed by atoms with E-state index in [2.05, 4.69) is 15.4 Å². The highest BCUT2D eigenvalue weighted by Crippen LogP contribution is 2.30. The maximum atomic E-state index is 11.9. The first-order chi connectivity index (χ1) is 12.2. The van der Waals surface area contributed by atoms with E-state index < -0.39 is 0 Å².